The van der Waals surface area contributed by atoms with Gasteiger partial charge < -0.3 is 15.2 Å². The molecule has 0 aliphatic heterocycles. The van der Waals surface area contributed by atoms with Gasteiger partial charge in [0.1, 0.15) is 0 Å². The molecule has 7 heteroatoms. The van der Waals surface area contributed by atoms with Crippen molar-refractivity contribution >= 4 is 0 Å². The first kappa shape index (κ1) is 10.8. The number of aromatic nitrogens is 4. The first-order chi connectivity index (χ1) is 7.66. The number of nitrogens with one attached hydrogen (secondary N) is 1. The minimum absolute atomic E-state index is 0.251. The molecule has 3 N–H and O–H groups in total. The molecule has 0 spiro atoms. The van der Waals surface area contributed by atoms with Crippen molar-refractivity contribution in [3.8, 4) is 11.5 Å². The molecule has 0 amide bonds. The fraction of sp³-hybridized carbons (Fsp3) is 0.444. The van der Waals surface area contributed by atoms with E-state index in [1.165, 1.54) is 0 Å². The van der Waals surface area contributed by atoms with Crippen LogP contribution >= 0.6 is 0 Å². The molecule has 2 aromatic rings. The van der Waals surface area contributed by atoms with Gasteiger partial charge in [0.15, 0.2) is 5.82 Å². The number of likely N-dealkylation sites (N-methyl/N-ethyl adjacent to an activating group) is 1. The van der Waals surface area contributed by atoms with Gasteiger partial charge in [-0.25, -0.2) is 0 Å². The smallest absolute Gasteiger partial charge is 0.261 e. The minimum atomic E-state index is -0.251. The maximum Gasteiger partial charge on any atom is 0.261 e. The van der Waals surface area contributed by atoms with Crippen LogP contribution in [0.4, 0.5) is 0 Å². The van der Waals surface area contributed by atoms with Gasteiger partial charge in [0, 0.05) is 12.7 Å². The van der Waals surface area contributed by atoms with Crippen LogP contribution in [-0.2, 0) is 0 Å². The average molecular weight is 222 g/mol. The van der Waals surface area contributed by atoms with Crippen molar-refractivity contribution < 1.29 is 4.52 Å². The van der Waals surface area contributed by atoms with E-state index in [0.29, 0.717) is 18.3 Å². The molecule has 86 valence electrons. The van der Waals surface area contributed by atoms with Crippen molar-refractivity contribution in [2.75, 3.05) is 20.6 Å². The zero-order valence-corrected chi connectivity index (χ0v) is 9.21. The lowest BCUT2D eigenvalue weighted by Crippen LogP contribution is -2.26. The number of hydrogen-bond acceptors (Lipinski definition) is 6. The van der Waals surface area contributed by atoms with Gasteiger partial charge in [-0.2, -0.15) is 10.1 Å². The van der Waals surface area contributed by atoms with E-state index in [2.05, 4.69) is 20.3 Å². The van der Waals surface area contributed by atoms with E-state index >= 15 is 0 Å². The summed E-state index contributed by atoms with van der Waals surface area (Å²) < 4.78 is 5.09. The summed E-state index contributed by atoms with van der Waals surface area (Å²) in [5.41, 5.74) is 6.67. The molecule has 0 fully saturated rings. The standard InChI is InChI=1S/C9H14N6O/c1-15(2)5-7(10)8-13-9(16-14-8)6-3-11-12-4-6/h3-4,7H,5,10H2,1-2H3,(H,11,12). The lowest BCUT2D eigenvalue weighted by molar-refractivity contribution is 0.357. The van der Waals surface area contributed by atoms with Gasteiger partial charge >= 0.3 is 0 Å². The van der Waals surface area contributed by atoms with E-state index in [1.54, 1.807) is 12.4 Å². The van der Waals surface area contributed by atoms with Crippen LogP contribution in [0.1, 0.15) is 11.9 Å². The summed E-state index contributed by atoms with van der Waals surface area (Å²) in [7, 11) is 3.88. The van der Waals surface area contributed by atoms with Crippen molar-refractivity contribution in [3.05, 3.63) is 18.2 Å². The highest BCUT2D eigenvalue weighted by atomic mass is 16.5. The Morgan fingerprint density at radius 2 is 2.38 bits per heavy atom. The molecule has 0 aliphatic carbocycles. The highest BCUT2D eigenvalue weighted by molar-refractivity contribution is 5.49. The Labute approximate surface area is 92.6 Å². The average Bonchev–Trinajstić information content (AvgIpc) is 2.87. The molecule has 1 atom stereocenters. The summed E-state index contributed by atoms with van der Waals surface area (Å²) in [5.74, 6) is 0.933. The van der Waals surface area contributed by atoms with Crippen LogP contribution in [0.2, 0.25) is 0 Å². The van der Waals surface area contributed by atoms with E-state index in [0.717, 1.165) is 5.56 Å². The summed E-state index contributed by atoms with van der Waals surface area (Å²) in [5, 5.41) is 10.3. The Morgan fingerprint density at radius 3 is 3.00 bits per heavy atom. The molecule has 16 heavy (non-hydrogen) atoms. The van der Waals surface area contributed by atoms with Crippen LogP contribution in [0.25, 0.3) is 11.5 Å². The molecule has 1 unspecified atom stereocenters. The second kappa shape index (κ2) is 4.42. The van der Waals surface area contributed by atoms with Crippen molar-refractivity contribution in [3.63, 3.8) is 0 Å². The molecule has 2 heterocycles. The van der Waals surface area contributed by atoms with Crippen LogP contribution in [0.15, 0.2) is 16.9 Å². The van der Waals surface area contributed by atoms with Gasteiger partial charge in [0.05, 0.1) is 17.8 Å². The Balaban J connectivity index is 2.13. The van der Waals surface area contributed by atoms with Gasteiger partial charge in [-0.05, 0) is 14.1 Å². The number of rotatable bonds is 4. The number of nitrogens with zero attached hydrogens (tertiary/aromatic N) is 4. The van der Waals surface area contributed by atoms with Gasteiger partial charge in [0.25, 0.3) is 5.89 Å². The largest absolute Gasteiger partial charge is 0.334 e. The maximum atomic E-state index is 5.91. The molecule has 0 saturated heterocycles. The Bertz CT molecular complexity index is 435. The van der Waals surface area contributed by atoms with Crippen LogP contribution in [0.5, 0.6) is 0 Å². The molecule has 2 rings (SSSR count). The second-order valence-corrected chi connectivity index (χ2v) is 3.81. The number of aromatic amines is 1. The lowest BCUT2D eigenvalue weighted by atomic mass is 10.3. The molecular formula is C9H14N6O. The third-order valence-corrected chi connectivity index (χ3v) is 2.08. The van der Waals surface area contributed by atoms with Gasteiger partial charge in [-0.15, -0.1) is 0 Å². The van der Waals surface area contributed by atoms with Gasteiger partial charge in [0.2, 0.25) is 0 Å². The number of nitrogens with two attached hydrogens (primary N) is 1. The van der Waals surface area contributed by atoms with Gasteiger partial charge in [-0.3, -0.25) is 5.10 Å². The molecule has 0 radical (unpaired) electrons. The fourth-order valence-electron chi connectivity index (χ4n) is 1.35. The van der Waals surface area contributed by atoms with Crippen LogP contribution in [0.3, 0.4) is 0 Å². The summed E-state index contributed by atoms with van der Waals surface area (Å²) >= 11 is 0. The van der Waals surface area contributed by atoms with E-state index < -0.39 is 0 Å². The highest BCUT2D eigenvalue weighted by Crippen LogP contribution is 2.16. The molecule has 0 aromatic carbocycles. The summed E-state index contributed by atoms with van der Waals surface area (Å²) in [6, 6.07) is -0.251. The van der Waals surface area contributed by atoms with Crippen molar-refractivity contribution in [1.29, 1.82) is 0 Å². The zero-order chi connectivity index (χ0) is 11.5. The molecule has 0 saturated carbocycles. The summed E-state index contributed by atoms with van der Waals surface area (Å²) in [4.78, 5) is 6.19. The first-order valence-corrected chi connectivity index (χ1v) is 4.90. The highest BCUT2D eigenvalue weighted by Gasteiger charge is 2.16. The van der Waals surface area contributed by atoms with Crippen LogP contribution < -0.4 is 5.73 Å². The van der Waals surface area contributed by atoms with Crippen LogP contribution in [0, 0.1) is 0 Å². The minimum Gasteiger partial charge on any atom is -0.334 e. The summed E-state index contributed by atoms with van der Waals surface area (Å²) in [6.45, 7) is 0.671. The SMILES string of the molecule is CN(C)CC(N)c1noc(-c2cn[nH]c2)n1. The number of hydrogen-bond donors (Lipinski definition) is 2. The van der Waals surface area contributed by atoms with E-state index in [4.69, 9.17) is 10.3 Å². The Hall–Kier alpha value is -1.73. The molecular weight excluding hydrogens is 208 g/mol. The fourth-order valence-corrected chi connectivity index (χ4v) is 1.35. The predicted octanol–water partition coefficient (Wildman–Crippen LogP) is 0.0211. The first-order valence-electron chi connectivity index (χ1n) is 4.90. The van der Waals surface area contributed by atoms with Gasteiger partial charge in [-0.1, -0.05) is 5.16 Å². The van der Waals surface area contributed by atoms with Crippen molar-refractivity contribution in [2.45, 2.75) is 6.04 Å². The van der Waals surface area contributed by atoms with Crippen LogP contribution in [-0.4, -0.2) is 45.9 Å². The van der Waals surface area contributed by atoms with E-state index in [-0.39, 0.29) is 6.04 Å². The van der Waals surface area contributed by atoms with E-state index in [9.17, 15) is 0 Å². The van der Waals surface area contributed by atoms with Crippen molar-refractivity contribution in [1.82, 2.24) is 25.2 Å². The molecule has 0 aliphatic rings. The Morgan fingerprint density at radius 1 is 1.56 bits per heavy atom. The summed E-state index contributed by atoms with van der Waals surface area (Å²) in [6.07, 6.45) is 3.31. The molecule has 2 aromatic heterocycles. The molecule has 0 bridgehead atoms. The predicted molar refractivity (Wildman–Crippen MR) is 57.4 cm³/mol. The third-order valence-electron chi connectivity index (χ3n) is 2.08. The second-order valence-electron chi connectivity index (χ2n) is 3.81. The quantitative estimate of drug-likeness (QED) is 0.757. The maximum absolute atomic E-state index is 5.91. The Kier molecular flexibility index (Phi) is 2.97. The normalized spacial score (nSPS) is 13.2. The monoisotopic (exact) mass is 222 g/mol. The zero-order valence-electron chi connectivity index (χ0n) is 9.21. The molecule has 7 nitrogen and oxygen atoms in total. The number of H-pyrrole nitrogens is 1. The van der Waals surface area contributed by atoms with E-state index in [1.807, 2.05) is 19.0 Å². The lowest BCUT2D eigenvalue weighted by Gasteiger charge is -2.12. The third kappa shape index (κ3) is 2.26. The van der Waals surface area contributed by atoms with Crippen molar-refractivity contribution in [2.24, 2.45) is 5.73 Å². The topological polar surface area (TPSA) is 96.9 Å².